The van der Waals surface area contributed by atoms with E-state index in [1.54, 1.807) is 0 Å². The molecule has 2 fully saturated rings. The van der Waals surface area contributed by atoms with E-state index in [4.69, 9.17) is 0 Å². The molecule has 0 aromatic rings. The number of ketones is 1. The molecule has 2 rings (SSSR count). The van der Waals surface area contributed by atoms with Crippen LogP contribution in [-0.2, 0) is 4.79 Å². The van der Waals surface area contributed by atoms with Gasteiger partial charge in [0.15, 0.2) is 0 Å². The number of carbonyl (C=O) groups excluding carboxylic acids is 1. The molecule has 0 aromatic heterocycles. The smallest absolute Gasteiger partial charge is 0.140 e. The van der Waals surface area contributed by atoms with Gasteiger partial charge in [-0.25, -0.2) is 0 Å². The molecule has 0 bridgehead atoms. The van der Waals surface area contributed by atoms with Gasteiger partial charge in [0.05, 0.1) is 0 Å². The van der Waals surface area contributed by atoms with Crippen molar-refractivity contribution >= 4 is 5.78 Å². The van der Waals surface area contributed by atoms with Gasteiger partial charge in [-0.2, -0.15) is 0 Å². The molecule has 0 radical (unpaired) electrons. The standard InChI is InChI=1S/C10H14O/c1-6(2)8-5-7-3-4-9(11)10(7)8/h7,10H,3-5H2,1-2H3. The quantitative estimate of drug-likeness (QED) is 0.484. The van der Waals surface area contributed by atoms with Crippen LogP contribution in [0.3, 0.4) is 0 Å². The van der Waals surface area contributed by atoms with Crippen LogP contribution in [0.15, 0.2) is 11.1 Å². The average Bonchev–Trinajstić information content (AvgIpc) is 2.06. The zero-order valence-corrected chi connectivity index (χ0v) is 7.18. The molecule has 11 heavy (non-hydrogen) atoms. The molecule has 1 heteroatoms. The molecule has 0 spiro atoms. The zero-order valence-electron chi connectivity index (χ0n) is 7.18. The van der Waals surface area contributed by atoms with Gasteiger partial charge < -0.3 is 0 Å². The number of rotatable bonds is 0. The van der Waals surface area contributed by atoms with Gasteiger partial charge in [-0.1, -0.05) is 11.1 Å². The lowest BCUT2D eigenvalue weighted by atomic mass is 9.69. The maximum Gasteiger partial charge on any atom is 0.140 e. The van der Waals surface area contributed by atoms with E-state index < -0.39 is 0 Å². The van der Waals surface area contributed by atoms with Crippen LogP contribution in [0.1, 0.15) is 33.1 Å². The molecule has 2 aliphatic rings. The van der Waals surface area contributed by atoms with Gasteiger partial charge in [0, 0.05) is 12.3 Å². The Kier molecular flexibility index (Phi) is 1.41. The molecule has 2 aliphatic carbocycles. The fourth-order valence-corrected chi connectivity index (χ4v) is 2.38. The molecule has 2 saturated carbocycles. The summed E-state index contributed by atoms with van der Waals surface area (Å²) in [5, 5.41) is 0. The fraction of sp³-hybridized carbons (Fsp3) is 0.700. The summed E-state index contributed by atoms with van der Waals surface area (Å²) in [5.74, 6) is 1.59. The first-order chi connectivity index (χ1) is 5.20. The predicted octanol–water partition coefficient (Wildman–Crippen LogP) is 2.32. The summed E-state index contributed by atoms with van der Waals surface area (Å²) >= 11 is 0. The van der Waals surface area contributed by atoms with E-state index in [1.807, 2.05) is 0 Å². The van der Waals surface area contributed by atoms with Crippen molar-refractivity contribution in [2.24, 2.45) is 11.8 Å². The van der Waals surface area contributed by atoms with Crippen molar-refractivity contribution in [1.82, 2.24) is 0 Å². The normalized spacial score (nSPS) is 35.1. The predicted molar refractivity (Wildman–Crippen MR) is 44.2 cm³/mol. The highest BCUT2D eigenvalue weighted by atomic mass is 16.1. The van der Waals surface area contributed by atoms with Gasteiger partial charge in [-0.05, 0) is 32.6 Å². The highest BCUT2D eigenvalue weighted by molar-refractivity contribution is 5.88. The minimum atomic E-state index is 0.361. The van der Waals surface area contributed by atoms with Crippen LogP contribution in [0.4, 0.5) is 0 Å². The highest BCUT2D eigenvalue weighted by Crippen LogP contribution is 2.49. The van der Waals surface area contributed by atoms with E-state index in [0.29, 0.717) is 11.7 Å². The SMILES string of the molecule is CC(C)=C1CC2CCC(=O)C12. The minimum Gasteiger partial charge on any atom is -0.299 e. The second-order valence-electron chi connectivity index (χ2n) is 3.97. The number of allylic oxidation sites excluding steroid dienone is 2. The molecule has 0 aliphatic heterocycles. The Morgan fingerprint density at radius 3 is 2.73 bits per heavy atom. The lowest BCUT2D eigenvalue weighted by molar-refractivity contribution is -0.121. The summed E-state index contributed by atoms with van der Waals surface area (Å²) in [6.07, 6.45) is 3.20. The number of Topliss-reactive ketones (excluding diaryl/α,β-unsaturated/α-hetero) is 1. The number of hydrogen-bond acceptors (Lipinski definition) is 1. The van der Waals surface area contributed by atoms with Crippen LogP contribution in [0.2, 0.25) is 0 Å². The molecule has 0 heterocycles. The molecular formula is C10H14O. The van der Waals surface area contributed by atoms with E-state index >= 15 is 0 Å². The van der Waals surface area contributed by atoms with Crippen molar-refractivity contribution in [2.45, 2.75) is 33.1 Å². The molecule has 0 aromatic carbocycles. The number of hydrogen-bond donors (Lipinski definition) is 0. The van der Waals surface area contributed by atoms with E-state index in [9.17, 15) is 4.79 Å². The second-order valence-corrected chi connectivity index (χ2v) is 3.97. The zero-order chi connectivity index (χ0) is 8.01. The summed E-state index contributed by atoms with van der Waals surface area (Å²) in [4.78, 5) is 11.3. The first kappa shape index (κ1) is 7.08. The van der Waals surface area contributed by atoms with Gasteiger partial charge in [-0.15, -0.1) is 0 Å². The number of carbonyl (C=O) groups is 1. The summed E-state index contributed by atoms with van der Waals surface area (Å²) in [7, 11) is 0. The Balaban J connectivity index is 2.24. The minimum absolute atomic E-state index is 0.361. The highest BCUT2D eigenvalue weighted by Gasteiger charge is 2.45. The molecule has 2 atom stereocenters. The third kappa shape index (κ3) is 0.867. The van der Waals surface area contributed by atoms with Crippen LogP contribution in [-0.4, -0.2) is 5.78 Å². The van der Waals surface area contributed by atoms with Crippen molar-refractivity contribution in [3.05, 3.63) is 11.1 Å². The Morgan fingerprint density at radius 1 is 1.45 bits per heavy atom. The molecule has 0 amide bonds. The van der Waals surface area contributed by atoms with E-state index in [0.717, 1.165) is 18.8 Å². The summed E-state index contributed by atoms with van der Waals surface area (Å²) in [6.45, 7) is 4.24. The Hall–Kier alpha value is -0.590. The van der Waals surface area contributed by atoms with Gasteiger partial charge in [0.2, 0.25) is 0 Å². The molecule has 2 unspecified atom stereocenters. The summed E-state index contributed by atoms with van der Waals surface area (Å²) < 4.78 is 0. The van der Waals surface area contributed by atoms with Crippen molar-refractivity contribution in [3.63, 3.8) is 0 Å². The molecule has 0 saturated heterocycles. The van der Waals surface area contributed by atoms with Gasteiger partial charge in [0.25, 0.3) is 0 Å². The van der Waals surface area contributed by atoms with Gasteiger partial charge >= 0.3 is 0 Å². The summed E-state index contributed by atoms with van der Waals surface area (Å²) in [6, 6.07) is 0. The van der Waals surface area contributed by atoms with Crippen molar-refractivity contribution in [2.75, 3.05) is 0 Å². The van der Waals surface area contributed by atoms with Crippen molar-refractivity contribution in [1.29, 1.82) is 0 Å². The Morgan fingerprint density at radius 2 is 2.18 bits per heavy atom. The second kappa shape index (κ2) is 2.20. The van der Waals surface area contributed by atoms with Crippen LogP contribution >= 0.6 is 0 Å². The third-order valence-corrected chi connectivity index (χ3v) is 3.08. The van der Waals surface area contributed by atoms with E-state index in [2.05, 4.69) is 13.8 Å². The van der Waals surface area contributed by atoms with Crippen LogP contribution in [0.25, 0.3) is 0 Å². The fourth-order valence-electron chi connectivity index (χ4n) is 2.38. The van der Waals surface area contributed by atoms with Gasteiger partial charge in [0.1, 0.15) is 5.78 Å². The third-order valence-electron chi connectivity index (χ3n) is 3.08. The van der Waals surface area contributed by atoms with Crippen LogP contribution < -0.4 is 0 Å². The molecule has 0 N–H and O–H groups in total. The molecule has 60 valence electrons. The maximum absolute atomic E-state index is 11.3. The van der Waals surface area contributed by atoms with Crippen LogP contribution in [0, 0.1) is 11.8 Å². The molecular weight excluding hydrogens is 136 g/mol. The van der Waals surface area contributed by atoms with Crippen molar-refractivity contribution in [3.8, 4) is 0 Å². The van der Waals surface area contributed by atoms with Gasteiger partial charge in [-0.3, -0.25) is 4.79 Å². The monoisotopic (exact) mass is 150 g/mol. The first-order valence-electron chi connectivity index (χ1n) is 4.39. The Labute approximate surface area is 67.5 Å². The maximum atomic E-state index is 11.3. The lowest BCUT2D eigenvalue weighted by Crippen LogP contribution is -2.29. The van der Waals surface area contributed by atoms with Crippen molar-refractivity contribution < 1.29 is 4.79 Å². The van der Waals surface area contributed by atoms with E-state index in [-0.39, 0.29) is 0 Å². The average molecular weight is 150 g/mol. The molecule has 1 nitrogen and oxygen atoms in total. The largest absolute Gasteiger partial charge is 0.299 e. The lowest BCUT2D eigenvalue weighted by Gasteiger charge is -2.34. The topological polar surface area (TPSA) is 17.1 Å². The van der Waals surface area contributed by atoms with E-state index in [1.165, 1.54) is 17.6 Å². The summed E-state index contributed by atoms with van der Waals surface area (Å²) in [5.41, 5.74) is 2.82. The Bertz CT molecular complexity index is 233. The first-order valence-corrected chi connectivity index (χ1v) is 4.39. The number of fused-ring (bicyclic) bond motifs is 1. The van der Waals surface area contributed by atoms with Crippen LogP contribution in [0.5, 0.6) is 0 Å².